The normalized spacial score (nSPS) is 17.4. The molecule has 0 N–H and O–H groups in total. The minimum atomic E-state index is -3.30. The molecule has 0 atom stereocenters. The van der Waals surface area contributed by atoms with Crippen molar-refractivity contribution in [3.05, 3.63) is 41.5 Å². The van der Waals surface area contributed by atoms with Gasteiger partial charge in [0.1, 0.15) is 0 Å². The summed E-state index contributed by atoms with van der Waals surface area (Å²) in [6.45, 7) is 13.6. The number of hydrogen-bond acceptors (Lipinski definition) is 3. The summed E-state index contributed by atoms with van der Waals surface area (Å²) in [7, 11) is -3.30. The van der Waals surface area contributed by atoms with Crippen LogP contribution < -0.4 is 0 Å². The average Bonchev–Trinajstić information content (AvgIpc) is 2.56. The molecule has 0 unspecified atom stereocenters. The lowest BCUT2D eigenvalue weighted by Crippen LogP contribution is -2.36. The molecular formula is C21H33NO2S. The van der Waals surface area contributed by atoms with Crippen LogP contribution in [0, 0.1) is 5.92 Å². The molecule has 1 aromatic rings. The number of benzene rings is 1. The van der Waals surface area contributed by atoms with E-state index in [1.165, 1.54) is 0 Å². The predicted octanol–water partition coefficient (Wildman–Crippen LogP) is 4.70. The second-order valence-corrected chi connectivity index (χ2v) is 10.7. The Labute approximate surface area is 154 Å². The molecule has 4 heteroatoms. The third-order valence-electron chi connectivity index (χ3n) is 5.48. The van der Waals surface area contributed by atoms with E-state index in [-0.39, 0.29) is 0 Å². The van der Waals surface area contributed by atoms with Crippen molar-refractivity contribution >= 4 is 9.84 Å². The highest BCUT2D eigenvalue weighted by molar-refractivity contribution is 7.92. The molecular weight excluding hydrogens is 330 g/mol. The van der Waals surface area contributed by atoms with Crippen LogP contribution in [-0.2, 0) is 9.84 Å². The molecule has 1 aliphatic heterocycles. The molecule has 0 aliphatic carbocycles. The second-order valence-electron chi connectivity index (χ2n) is 8.17. The molecule has 0 radical (unpaired) electrons. The van der Waals surface area contributed by atoms with Gasteiger partial charge >= 0.3 is 0 Å². The molecule has 3 nitrogen and oxygen atoms in total. The molecule has 140 valence electrons. The van der Waals surface area contributed by atoms with Gasteiger partial charge < -0.3 is 0 Å². The Bertz CT molecular complexity index is 703. The SMILES string of the molecule is CC1=C(C(C)C)CN(CCCC(C)(C)S(=O)(=O)c2ccccc2)CC1. The van der Waals surface area contributed by atoms with Gasteiger partial charge in [0.2, 0.25) is 0 Å². The Kier molecular flexibility index (Phi) is 6.50. The van der Waals surface area contributed by atoms with Crippen molar-refractivity contribution in [2.45, 2.75) is 63.5 Å². The van der Waals surface area contributed by atoms with Crippen molar-refractivity contribution in [3.63, 3.8) is 0 Å². The van der Waals surface area contributed by atoms with Crippen LogP contribution in [0.5, 0.6) is 0 Å². The molecule has 0 fully saturated rings. The Hall–Kier alpha value is -1.13. The van der Waals surface area contributed by atoms with Gasteiger partial charge in [-0.05, 0) is 64.6 Å². The second kappa shape index (κ2) is 8.05. The van der Waals surface area contributed by atoms with Gasteiger partial charge in [0, 0.05) is 13.1 Å². The lowest BCUT2D eigenvalue weighted by atomic mass is 9.92. The molecule has 0 saturated carbocycles. The molecule has 0 bridgehead atoms. The topological polar surface area (TPSA) is 37.4 Å². The Morgan fingerprint density at radius 1 is 1.16 bits per heavy atom. The first kappa shape index (κ1) is 20.2. The van der Waals surface area contributed by atoms with Gasteiger partial charge in [-0.1, -0.05) is 43.2 Å². The Balaban J connectivity index is 1.95. The zero-order chi connectivity index (χ0) is 18.7. The molecule has 1 aliphatic rings. The van der Waals surface area contributed by atoms with E-state index in [1.807, 2.05) is 19.9 Å². The largest absolute Gasteiger partial charge is 0.299 e. The van der Waals surface area contributed by atoms with E-state index in [9.17, 15) is 8.42 Å². The summed E-state index contributed by atoms with van der Waals surface area (Å²) < 4.78 is 25.1. The average molecular weight is 364 g/mol. The van der Waals surface area contributed by atoms with E-state index in [2.05, 4.69) is 25.7 Å². The predicted molar refractivity (Wildman–Crippen MR) is 106 cm³/mol. The van der Waals surface area contributed by atoms with Crippen LogP contribution in [0.15, 0.2) is 46.4 Å². The summed E-state index contributed by atoms with van der Waals surface area (Å²) in [5.41, 5.74) is 3.10. The quantitative estimate of drug-likeness (QED) is 0.659. The van der Waals surface area contributed by atoms with E-state index in [1.54, 1.807) is 35.4 Å². The Morgan fingerprint density at radius 2 is 1.80 bits per heavy atom. The van der Waals surface area contributed by atoms with Crippen LogP contribution in [0.3, 0.4) is 0 Å². The van der Waals surface area contributed by atoms with Crippen molar-refractivity contribution in [2.75, 3.05) is 19.6 Å². The number of sulfone groups is 1. The number of hydrogen-bond donors (Lipinski definition) is 0. The molecule has 0 amide bonds. The van der Waals surface area contributed by atoms with Gasteiger partial charge in [-0.3, -0.25) is 4.90 Å². The summed E-state index contributed by atoms with van der Waals surface area (Å²) in [5.74, 6) is 0.595. The van der Waals surface area contributed by atoms with Crippen molar-refractivity contribution in [1.29, 1.82) is 0 Å². The van der Waals surface area contributed by atoms with Gasteiger partial charge in [0.05, 0.1) is 9.64 Å². The smallest absolute Gasteiger partial charge is 0.183 e. The molecule has 0 aromatic heterocycles. The standard InChI is InChI=1S/C21H33NO2S/c1-17(2)20-16-22(15-12-18(20)3)14-9-13-21(4,5)25(23,24)19-10-7-6-8-11-19/h6-8,10-11,17H,9,12-16H2,1-5H3. The summed E-state index contributed by atoms with van der Waals surface area (Å²) in [5, 5.41) is 0. The zero-order valence-electron chi connectivity index (χ0n) is 16.4. The molecule has 1 aromatic carbocycles. The first-order chi connectivity index (χ1) is 11.6. The summed E-state index contributed by atoms with van der Waals surface area (Å²) in [6.07, 6.45) is 2.73. The minimum absolute atomic E-state index is 0.429. The van der Waals surface area contributed by atoms with Crippen molar-refractivity contribution in [1.82, 2.24) is 4.90 Å². The first-order valence-corrected chi connectivity index (χ1v) is 10.8. The van der Waals surface area contributed by atoms with Crippen molar-refractivity contribution < 1.29 is 8.42 Å². The van der Waals surface area contributed by atoms with Crippen molar-refractivity contribution in [3.8, 4) is 0 Å². The fourth-order valence-electron chi connectivity index (χ4n) is 3.59. The van der Waals surface area contributed by atoms with Crippen LogP contribution in [0.1, 0.15) is 53.9 Å². The maximum absolute atomic E-state index is 12.9. The van der Waals surface area contributed by atoms with Gasteiger partial charge in [0.15, 0.2) is 9.84 Å². The highest BCUT2D eigenvalue weighted by Gasteiger charge is 2.35. The number of rotatable bonds is 7. The lowest BCUT2D eigenvalue weighted by molar-refractivity contribution is 0.266. The van der Waals surface area contributed by atoms with Gasteiger partial charge in [-0.25, -0.2) is 8.42 Å². The molecule has 0 spiro atoms. The molecule has 1 heterocycles. The fraction of sp³-hybridized carbons (Fsp3) is 0.619. The maximum atomic E-state index is 12.9. The summed E-state index contributed by atoms with van der Waals surface area (Å²) >= 11 is 0. The van der Waals surface area contributed by atoms with E-state index >= 15 is 0 Å². The molecule has 25 heavy (non-hydrogen) atoms. The fourth-order valence-corrected chi connectivity index (χ4v) is 5.16. The van der Waals surface area contributed by atoms with Gasteiger partial charge in [-0.2, -0.15) is 0 Å². The van der Waals surface area contributed by atoms with E-state index in [0.717, 1.165) is 32.5 Å². The van der Waals surface area contributed by atoms with Gasteiger partial charge in [0.25, 0.3) is 0 Å². The van der Waals surface area contributed by atoms with Crippen LogP contribution in [0.25, 0.3) is 0 Å². The van der Waals surface area contributed by atoms with Crippen LogP contribution in [0.4, 0.5) is 0 Å². The third kappa shape index (κ3) is 4.73. The lowest BCUT2D eigenvalue weighted by Gasteiger charge is -2.33. The Morgan fingerprint density at radius 3 is 2.40 bits per heavy atom. The summed E-state index contributed by atoms with van der Waals surface area (Å²) in [6, 6.07) is 8.83. The van der Waals surface area contributed by atoms with Crippen LogP contribution >= 0.6 is 0 Å². The zero-order valence-corrected chi connectivity index (χ0v) is 17.2. The van der Waals surface area contributed by atoms with Crippen LogP contribution in [0.2, 0.25) is 0 Å². The highest BCUT2D eigenvalue weighted by atomic mass is 32.2. The molecule has 2 rings (SSSR count). The maximum Gasteiger partial charge on any atom is 0.183 e. The monoisotopic (exact) mass is 363 g/mol. The van der Waals surface area contributed by atoms with E-state index in [4.69, 9.17) is 0 Å². The summed E-state index contributed by atoms with van der Waals surface area (Å²) in [4.78, 5) is 2.91. The number of nitrogens with zero attached hydrogens (tertiary/aromatic N) is 1. The molecule has 0 saturated heterocycles. The minimum Gasteiger partial charge on any atom is -0.299 e. The van der Waals surface area contributed by atoms with Gasteiger partial charge in [-0.15, -0.1) is 0 Å². The van der Waals surface area contributed by atoms with Crippen molar-refractivity contribution in [2.24, 2.45) is 5.92 Å². The van der Waals surface area contributed by atoms with E-state index < -0.39 is 14.6 Å². The third-order valence-corrected chi connectivity index (χ3v) is 8.03. The highest BCUT2D eigenvalue weighted by Crippen LogP contribution is 2.30. The first-order valence-electron chi connectivity index (χ1n) is 9.35. The van der Waals surface area contributed by atoms with E-state index in [0.29, 0.717) is 17.2 Å². The van der Waals surface area contributed by atoms with Crippen LogP contribution in [-0.4, -0.2) is 37.7 Å².